The van der Waals surface area contributed by atoms with E-state index in [-0.39, 0.29) is 16.8 Å². The number of hydrogen-bond acceptors (Lipinski definition) is 2. The van der Waals surface area contributed by atoms with Crippen molar-refractivity contribution in [2.24, 2.45) is 62.6 Å². The summed E-state index contributed by atoms with van der Waals surface area (Å²) in [5.41, 5.74) is 2.76. The first-order valence-electron chi connectivity index (χ1n) is 14.1. The molecule has 0 aliphatic heterocycles. The van der Waals surface area contributed by atoms with E-state index in [4.69, 9.17) is 4.74 Å². The van der Waals surface area contributed by atoms with Crippen molar-refractivity contribution in [3.8, 4) is 0 Å². The third-order valence-corrected chi connectivity index (χ3v) is 13.6. The van der Waals surface area contributed by atoms with Crippen LogP contribution in [0.15, 0.2) is 11.6 Å². The van der Waals surface area contributed by atoms with Gasteiger partial charge in [-0.15, -0.1) is 0 Å². The average Bonchev–Trinajstić information content (AvgIpc) is 2.94. The number of allylic oxidation sites excluding steroid dienone is 2. The molecule has 5 aliphatic carbocycles. The normalized spacial score (nSPS) is 54.9. The van der Waals surface area contributed by atoms with E-state index in [0.717, 1.165) is 43.4 Å². The zero-order valence-electron chi connectivity index (χ0n) is 23.0. The Kier molecular flexibility index (Phi) is 5.17. The number of fused-ring (bicyclic) bond motifs is 7. The van der Waals surface area contributed by atoms with Crippen LogP contribution < -0.4 is 0 Å². The molecule has 0 N–H and O–H groups in total. The molecule has 0 bridgehead atoms. The first kappa shape index (κ1) is 23.9. The fourth-order valence-electron chi connectivity index (χ4n) is 11.4. The van der Waals surface area contributed by atoms with Gasteiger partial charge in [0, 0.05) is 0 Å². The number of carbonyl (C=O) groups is 1. The third kappa shape index (κ3) is 2.71. The number of methoxy groups -OCH3 is 1. The van der Waals surface area contributed by atoms with Gasteiger partial charge in [-0.05, 0) is 109 Å². The van der Waals surface area contributed by atoms with Gasteiger partial charge in [0.15, 0.2) is 0 Å². The molecule has 0 aromatic rings. The predicted molar refractivity (Wildman–Crippen MR) is 136 cm³/mol. The van der Waals surface area contributed by atoms with Crippen LogP contribution in [0.2, 0.25) is 0 Å². The molecular formula is C31H50O2. The Bertz CT molecular complexity index is 870. The summed E-state index contributed by atoms with van der Waals surface area (Å²) in [7, 11) is 1.61. The van der Waals surface area contributed by atoms with Crippen molar-refractivity contribution in [1.82, 2.24) is 0 Å². The molecule has 186 valence electrons. The van der Waals surface area contributed by atoms with Gasteiger partial charge in [0.05, 0.1) is 12.5 Å². The van der Waals surface area contributed by atoms with E-state index in [1.807, 2.05) is 0 Å². The van der Waals surface area contributed by atoms with Gasteiger partial charge >= 0.3 is 5.97 Å². The molecule has 0 amide bonds. The number of esters is 1. The topological polar surface area (TPSA) is 26.3 Å². The maximum atomic E-state index is 13.4. The van der Waals surface area contributed by atoms with Crippen LogP contribution in [0.3, 0.4) is 0 Å². The Balaban J connectivity index is 1.63. The van der Waals surface area contributed by atoms with Crippen LogP contribution in [0, 0.1) is 62.6 Å². The largest absolute Gasteiger partial charge is 0.469 e. The van der Waals surface area contributed by atoms with E-state index in [1.165, 1.54) is 25.7 Å². The summed E-state index contributed by atoms with van der Waals surface area (Å²) in [6, 6.07) is 0. The minimum absolute atomic E-state index is 0.0725. The van der Waals surface area contributed by atoms with Crippen LogP contribution in [0.1, 0.15) is 107 Å². The van der Waals surface area contributed by atoms with Crippen molar-refractivity contribution < 1.29 is 9.53 Å². The molecule has 33 heavy (non-hydrogen) atoms. The monoisotopic (exact) mass is 454 g/mol. The Morgan fingerprint density at radius 3 is 2.30 bits per heavy atom. The molecule has 5 unspecified atom stereocenters. The zero-order valence-corrected chi connectivity index (χ0v) is 23.0. The van der Waals surface area contributed by atoms with Crippen LogP contribution in [0.5, 0.6) is 0 Å². The molecule has 0 radical (unpaired) electrons. The third-order valence-electron chi connectivity index (χ3n) is 13.6. The molecule has 5 rings (SSSR count). The maximum absolute atomic E-state index is 13.4. The second-order valence-electron chi connectivity index (χ2n) is 14.7. The fraction of sp³-hybridized carbons (Fsp3) is 0.903. The van der Waals surface area contributed by atoms with Gasteiger partial charge in [-0.1, -0.05) is 67.0 Å². The summed E-state index contributed by atoms with van der Waals surface area (Å²) in [5.74, 6) is 4.01. The van der Waals surface area contributed by atoms with E-state index < -0.39 is 0 Å². The minimum Gasteiger partial charge on any atom is -0.469 e. The highest BCUT2D eigenvalue weighted by Gasteiger charge is 2.70. The average molecular weight is 455 g/mol. The molecule has 0 saturated heterocycles. The van der Waals surface area contributed by atoms with Crippen LogP contribution in [-0.4, -0.2) is 13.1 Å². The number of rotatable bonds is 1. The fourth-order valence-corrected chi connectivity index (χ4v) is 11.4. The van der Waals surface area contributed by atoms with Crippen molar-refractivity contribution in [3.05, 3.63) is 11.6 Å². The lowest BCUT2D eigenvalue weighted by Crippen LogP contribution is -2.63. The quantitative estimate of drug-likeness (QED) is 0.296. The summed E-state index contributed by atoms with van der Waals surface area (Å²) in [6.07, 6.45) is 12.3. The molecule has 10 atom stereocenters. The SMILES string of the molecule is COC(=O)C12CC[C@@H](C)[C@H](C)C1C1=CCC3[C@@]4(C)C(C)CC(C)(C)C4CC[C@@]3(C)[C@]1(C)CC2. The van der Waals surface area contributed by atoms with E-state index >= 15 is 0 Å². The predicted octanol–water partition coefficient (Wildman–Crippen LogP) is 8.06. The molecule has 0 heterocycles. The highest BCUT2D eigenvalue weighted by Crippen LogP contribution is 2.77. The molecule has 4 saturated carbocycles. The van der Waals surface area contributed by atoms with Crippen LogP contribution >= 0.6 is 0 Å². The minimum atomic E-state index is -0.293. The summed E-state index contributed by atoms with van der Waals surface area (Å²) < 4.78 is 5.52. The molecule has 0 aromatic carbocycles. The molecule has 2 heteroatoms. The van der Waals surface area contributed by atoms with E-state index in [9.17, 15) is 4.79 Å². The number of ether oxygens (including phenoxy) is 1. The molecular weight excluding hydrogens is 404 g/mol. The Morgan fingerprint density at radius 2 is 1.64 bits per heavy atom. The summed E-state index contributed by atoms with van der Waals surface area (Å²) in [5, 5.41) is 0. The number of carbonyl (C=O) groups excluding carboxylic acids is 1. The highest BCUT2D eigenvalue weighted by atomic mass is 16.5. The zero-order chi connectivity index (χ0) is 24.2. The lowest BCUT2D eigenvalue weighted by atomic mass is 9.35. The second-order valence-corrected chi connectivity index (χ2v) is 14.7. The van der Waals surface area contributed by atoms with Crippen LogP contribution in [0.4, 0.5) is 0 Å². The molecule has 5 aliphatic rings. The van der Waals surface area contributed by atoms with Gasteiger partial charge in [-0.2, -0.15) is 0 Å². The summed E-state index contributed by atoms with van der Waals surface area (Å²) in [6.45, 7) is 20.5. The highest BCUT2D eigenvalue weighted by molar-refractivity contribution is 5.78. The van der Waals surface area contributed by atoms with Crippen LogP contribution in [0.25, 0.3) is 0 Å². The lowest BCUT2D eigenvalue weighted by Gasteiger charge is -2.69. The van der Waals surface area contributed by atoms with Gasteiger partial charge < -0.3 is 4.74 Å². The van der Waals surface area contributed by atoms with Crippen molar-refractivity contribution in [2.45, 2.75) is 107 Å². The summed E-state index contributed by atoms with van der Waals surface area (Å²) >= 11 is 0. The van der Waals surface area contributed by atoms with Crippen LogP contribution in [-0.2, 0) is 9.53 Å². The Morgan fingerprint density at radius 1 is 0.939 bits per heavy atom. The summed E-state index contributed by atoms with van der Waals surface area (Å²) in [4.78, 5) is 13.4. The van der Waals surface area contributed by atoms with Gasteiger partial charge in [0.2, 0.25) is 0 Å². The molecule has 2 nitrogen and oxygen atoms in total. The van der Waals surface area contributed by atoms with Crippen molar-refractivity contribution >= 4 is 5.97 Å². The van der Waals surface area contributed by atoms with Gasteiger partial charge in [-0.3, -0.25) is 4.79 Å². The molecule has 4 fully saturated rings. The lowest BCUT2D eigenvalue weighted by molar-refractivity contribution is -0.180. The molecule has 0 spiro atoms. The number of hydrogen-bond donors (Lipinski definition) is 0. The van der Waals surface area contributed by atoms with Crippen molar-refractivity contribution in [1.29, 1.82) is 0 Å². The van der Waals surface area contributed by atoms with Crippen molar-refractivity contribution in [2.75, 3.05) is 7.11 Å². The first-order chi connectivity index (χ1) is 15.3. The van der Waals surface area contributed by atoms with Gasteiger partial charge in [0.1, 0.15) is 0 Å². The molecule has 0 aromatic heterocycles. The first-order valence-corrected chi connectivity index (χ1v) is 14.1. The maximum Gasteiger partial charge on any atom is 0.312 e. The van der Waals surface area contributed by atoms with Gasteiger partial charge in [-0.25, -0.2) is 0 Å². The van der Waals surface area contributed by atoms with Gasteiger partial charge in [0.25, 0.3) is 0 Å². The second kappa shape index (κ2) is 7.13. The van der Waals surface area contributed by atoms with E-state index in [1.54, 1.807) is 12.7 Å². The van der Waals surface area contributed by atoms with E-state index in [0.29, 0.717) is 34.0 Å². The smallest absolute Gasteiger partial charge is 0.312 e. The van der Waals surface area contributed by atoms with E-state index in [2.05, 4.69) is 61.5 Å². The Labute approximate surface area is 203 Å². The standard InChI is InChI=1S/C31H50O2/c1-19-12-15-31(26(32)33-9)17-16-28(6)22(25(31)21(19)3)10-11-24-29(28,7)14-13-23-27(4,5)18-20(2)30(23,24)8/h10,19-21,23-25H,11-18H2,1-9H3/t19-,20?,21+,23?,24?,25?,28-,29-,30+,31?/m1/s1. The van der Waals surface area contributed by atoms with Crippen molar-refractivity contribution in [3.63, 3.8) is 0 Å². The Hall–Kier alpha value is -0.790.